The maximum Gasteiger partial charge on any atom is 0.221 e. The summed E-state index contributed by atoms with van der Waals surface area (Å²) < 4.78 is 5.19. The van der Waals surface area contributed by atoms with E-state index < -0.39 is 0 Å². The van der Waals surface area contributed by atoms with Crippen LogP contribution in [-0.4, -0.2) is 47.7 Å². The summed E-state index contributed by atoms with van der Waals surface area (Å²) in [6.07, 6.45) is 4.18. The minimum Gasteiger partial charge on any atom is -0.481 e. The predicted octanol–water partition coefficient (Wildman–Crippen LogP) is 1.69. The molecule has 1 atom stereocenters. The first kappa shape index (κ1) is 13.1. The first-order valence-electron chi connectivity index (χ1n) is 6.56. The monoisotopic (exact) mass is 250 g/mol. The number of nitrogens with zero attached hydrogens (tertiary/aromatic N) is 3. The molecular formula is C13H22N4O. The van der Waals surface area contributed by atoms with Gasteiger partial charge in [0, 0.05) is 12.6 Å². The summed E-state index contributed by atoms with van der Waals surface area (Å²) in [6, 6.07) is 0.535. The highest BCUT2D eigenvalue weighted by molar-refractivity contribution is 5.47. The van der Waals surface area contributed by atoms with Crippen LogP contribution in [0.5, 0.6) is 5.88 Å². The largest absolute Gasteiger partial charge is 0.481 e. The number of hydrogen-bond acceptors (Lipinski definition) is 5. The van der Waals surface area contributed by atoms with Crippen molar-refractivity contribution >= 4 is 5.82 Å². The van der Waals surface area contributed by atoms with E-state index in [1.54, 1.807) is 7.11 Å². The Labute approximate surface area is 109 Å². The van der Waals surface area contributed by atoms with Gasteiger partial charge >= 0.3 is 0 Å². The van der Waals surface area contributed by atoms with Crippen LogP contribution in [0.1, 0.15) is 25.3 Å². The molecule has 1 aromatic rings. The molecule has 0 radical (unpaired) electrons. The molecule has 1 N–H and O–H groups in total. The zero-order valence-corrected chi connectivity index (χ0v) is 11.4. The van der Waals surface area contributed by atoms with E-state index in [4.69, 9.17) is 4.74 Å². The van der Waals surface area contributed by atoms with Gasteiger partial charge in [-0.25, -0.2) is 9.97 Å². The topological polar surface area (TPSA) is 50.3 Å². The molecule has 100 valence electrons. The number of methoxy groups -OCH3 is 1. The summed E-state index contributed by atoms with van der Waals surface area (Å²) in [4.78, 5) is 10.9. The predicted molar refractivity (Wildman–Crippen MR) is 72.1 cm³/mol. The maximum atomic E-state index is 5.19. The second-order valence-electron chi connectivity index (χ2n) is 4.83. The van der Waals surface area contributed by atoms with Gasteiger partial charge in [-0.05, 0) is 39.8 Å². The SMILES string of the molecule is COc1ncnc(NCC(C)N2CCCC2)c1C. The third-order valence-electron chi connectivity index (χ3n) is 3.56. The Bertz CT molecular complexity index is 391. The van der Waals surface area contributed by atoms with Crippen molar-refractivity contribution in [3.8, 4) is 5.88 Å². The lowest BCUT2D eigenvalue weighted by Gasteiger charge is -2.24. The molecule has 5 nitrogen and oxygen atoms in total. The van der Waals surface area contributed by atoms with E-state index >= 15 is 0 Å². The average Bonchev–Trinajstić information content (AvgIpc) is 2.91. The fourth-order valence-electron chi connectivity index (χ4n) is 2.37. The molecule has 1 aromatic heterocycles. The molecule has 0 spiro atoms. The Morgan fingerprint density at radius 1 is 1.39 bits per heavy atom. The summed E-state index contributed by atoms with van der Waals surface area (Å²) in [7, 11) is 1.63. The van der Waals surface area contributed by atoms with Crippen molar-refractivity contribution in [3.05, 3.63) is 11.9 Å². The molecule has 0 aromatic carbocycles. The van der Waals surface area contributed by atoms with Crippen molar-refractivity contribution in [2.45, 2.75) is 32.7 Å². The number of rotatable bonds is 5. The number of anilines is 1. The van der Waals surface area contributed by atoms with E-state index in [1.807, 2.05) is 6.92 Å². The molecule has 1 fully saturated rings. The Kier molecular flexibility index (Phi) is 4.36. The molecule has 2 rings (SSSR count). The van der Waals surface area contributed by atoms with Crippen molar-refractivity contribution in [1.82, 2.24) is 14.9 Å². The summed E-state index contributed by atoms with van der Waals surface area (Å²) in [5.74, 6) is 1.51. The summed E-state index contributed by atoms with van der Waals surface area (Å²) in [5.41, 5.74) is 0.966. The lowest BCUT2D eigenvalue weighted by Crippen LogP contribution is -2.35. The van der Waals surface area contributed by atoms with Gasteiger partial charge in [-0.15, -0.1) is 0 Å². The quantitative estimate of drug-likeness (QED) is 0.862. The van der Waals surface area contributed by atoms with Crippen molar-refractivity contribution in [2.75, 3.05) is 32.1 Å². The van der Waals surface area contributed by atoms with Gasteiger partial charge in [0.05, 0.1) is 12.7 Å². The maximum absolute atomic E-state index is 5.19. The normalized spacial score (nSPS) is 17.7. The molecule has 0 saturated carbocycles. The fraction of sp³-hybridized carbons (Fsp3) is 0.692. The summed E-state index contributed by atoms with van der Waals surface area (Å²) in [6.45, 7) is 7.57. The Hall–Kier alpha value is -1.36. The number of ether oxygens (including phenoxy) is 1. The van der Waals surface area contributed by atoms with Gasteiger partial charge < -0.3 is 10.1 Å². The number of likely N-dealkylation sites (tertiary alicyclic amines) is 1. The van der Waals surface area contributed by atoms with E-state index in [2.05, 4.69) is 27.1 Å². The highest BCUT2D eigenvalue weighted by atomic mass is 16.5. The van der Waals surface area contributed by atoms with Crippen LogP contribution < -0.4 is 10.1 Å². The van der Waals surface area contributed by atoms with Gasteiger partial charge in [0.15, 0.2) is 0 Å². The molecule has 0 aliphatic carbocycles. The van der Waals surface area contributed by atoms with Gasteiger partial charge in [-0.2, -0.15) is 0 Å². The molecule has 2 heterocycles. The molecule has 0 amide bonds. The molecule has 1 aliphatic rings. The summed E-state index contributed by atoms with van der Waals surface area (Å²) >= 11 is 0. The molecule has 5 heteroatoms. The van der Waals surface area contributed by atoms with Gasteiger partial charge in [-0.3, -0.25) is 4.90 Å². The van der Waals surface area contributed by atoms with Crippen molar-refractivity contribution in [3.63, 3.8) is 0 Å². The first-order valence-corrected chi connectivity index (χ1v) is 6.56. The second kappa shape index (κ2) is 6.00. The third kappa shape index (κ3) is 2.90. The van der Waals surface area contributed by atoms with Crippen LogP contribution >= 0.6 is 0 Å². The molecule has 1 aliphatic heterocycles. The number of hydrogen-bond donors (Lipinski definition) is 1. The molecule has 0 bridgehead atoms. The lowest BCUT2D eigenvalue weighted by molar-refractivity contribution is 0.269. The van der Waals surface area contributed by atoms with Crippen LogP contribution in [0.25, 0.3) is 0 Å². The minimum absolute atomic E-state index is 0.535. The molecular weight excluding hydrogens is 228 g/mol. The zero-order valence-electron chi connectivity index (χ0n) is 11.4. The van der Waals surface area contributed by atoms with E-state index in [9.17, 15) is 0 Å². The Morgan fingerprint density at radius 2 is 2.11 bits per heavy atom. The van der Waals surface area contributed by atoms with Gasteiger partial charge in [-0.1, -0.05) is 0 Å². The lowest BCUT2D eigenvalue weighted by atomic mass is 10.2. The Morgan fingerprint density at radius 3 is 2.78 bits per heavy atom. The molecule has 18 heavy (non-hydrogen) atoms. The fourth-order valence-corrected chi connectivity index (χ4v) is 2.37. The van der Waals surface area contributed by atoms with Gasteiger partial charge in [0.1, 0.15) is 12.1 Å². The van der Waals surface area contributed by atoms with E-state index in [1.165, 1.54) is 32.3 Å². The second-order valence-corrected chi connectivity index (χ2v) is 4.83. The van der Waals surface area contributed by atoms with Crippen LogP contribution in [0.2, 0.25) is 0 Å². The van der Waals surface area contributed by atoms with Crippen LogP contribution in [-0.2, 0) is 0 Å². The van der Waals surface area contributed by atoms with E-state index in [-0.39, 0.29) is 0 Å². The van der Waals surface area contributed by atoms with Crippen molar-refractivity contribution < 1.29 is 4.74 Å². The smallest absolute Gasteiger partial charge is 0.221 e. The van der Waals surface area contributed by atoms with Gasteiger partial charge in [0.25, 0.3) is 0 Å². The van der Waals surface area contributed by atoms with Crippen LogP contribution in [0.4, 0.5) is 5.82 Å². The third-order valence-corrected chi connectivity index (χ3v) is 3.56. The van der Waals surface area contributed by atoms with Crippen LogP contribution in [0.15, 0.2) is 6.33 Å². The first-order chi connectivity index (χ1) is 8.72. The zero-order chi connectivity index (χ0) is 13.0. The number of nitrogens with one attached hydrogen (secondary N) is 1. The average molecular weight is 250 g/mol. The highest BCUT2D eigenvalue weighted by Crippen LogP contribution is 2.20. The van der Waals surface area contributed by atoms with Crippen LogP contribution in [0.3, 0.4) is 0 Å². The van der Waals surface area contributed by atoms with Crippen molar-refractivity contribution in [2.24, 2.45) is 0 Å². The van der Waals surface area contributed by atoms with E-state index in [0.29, 0.717) is 11.9 Å². The summed E-state index contributed by atoms with van der Waals surface area (Å²) in [5, 5.41) is 3.39. The minimum atomic E-state index is 0.535. The molecule has 1 saturated heterocycles. The Balaban J connectivity index is 1.93. The van der Waals surface area contributed by atoms with Gasteiger partial charge in [0.2, 0.25) is 5.88 Å². The highest BCUT2D eigenvalue weighted by Gasteiger charge is 2.18. The number of aromatic nitrogens is 2. The van der Waals surface area contributed by atoms with Crippen molar-refractivity contribution in [1.29, 1.82) is 0 Å². The van der Waals surface area contributed by atoms with E-state index in [0.717, 1.165) is 17.9 Å². The van der Waals surface area contributed by atoms with Crippen LogP contribution in [0, 0.1) is 6.92 Å². The standard InChI is InChI=1S/C13H22N4O/c1-10(17-6-4-5-7-17)8-14-12-11(2)13(18-3)16-9-15-12/h9-10H,4-8H2,1-3H3,(H,14,15,16). The molecule has 1 unspecified atom stereocenters.